The van der Waals surface area contributed by atoms with Gasteiger partial charge in [0.25, 0.3) is 0 Å². The number of likely N-dealkylation sites (N-methyl/N-ethyl adjacent to an activating group) is 1. The maximum absolute atomic E-state index is 11.9. The third kappa shape index (κ3) is 4.59. The summed E-state index contributed by atoms with van der Waals surface area (Å²) in [5, 5.41) is 8.89. The standard InChI is InChI=1S/C16H18N2O4S/c1-11(16(20)21)18(2)14(19)10-23-9-13-8-22-15(17-13)12-6-4-3-5-7-12/h3-8,11H,9-10H2,1-2H3,(H,20,21). The number of hydrogen-bond donors (Lipinski definition) is 1. The second-order valence-electron chi connectivity index (χ2n) is 5.02. The number of carbonyl (C=O) groups is 2. The van der Waals surface area contributed by atoms with Crippen molar-refractivity contribution < 1.29 is 19.1 Å². The van der Waals surface area contributed by atoms with Crippen LogP contribution in [0.3, 0.4) is 0 Å². The van der Waals surface area contributed by atoms with Crippen LogP contribution in [0.15, 0.2) is 41.0 Å². The minimum Gasteiger partial charge on any atom is -0.480 e. The van der Waals surface area contributed by atoms with Crippen LogP contribution in [0.25, 0.3) is 11.5 Å². The molecule has 0 aliphatic rings. The number of nitrogens with zero attached hydrogens (tertiary/aromatic N) is 2. The molecule has 0 spiro atoms. The number of aromatic nitrogens is 1. The smallest absolute Gasteiger partial charge is 0.326 e. The highest BCUT2D eigenvalue weighted by molar-refractivity contribution is 7.99. The van der Waals surface area contributed by atoms with Gasteiger partial charge >= 0.3 is 5.97 Å². The van der Waals surface area contributed by atoms with Crippen LogP contribution in [0, 0.1) is 0 Å². The quantitative estimate of drug-likeness (QED) is 0.837. The van der Waals surface area contributed by atoms with Crippen molar-refractivity contribution in [2.24, 2.45) is 0 Å². The molecule has 1 amide bonds. The molecule has 0 bridgehead atoms. The van der Waals surface area contributed by atoms with E-state index in [9.17, 15) is 9.59 Å². The summed E-state index contributed by atoms with van der Waals surface area (Å²) in [4.78, 5) is 28.4. The fourth-order valence-corrected chi connectivity index (χ4v) is 2.64. The monoisotopic (exact) mass is 334 g/mol. The minimum absolute atomic E-state index is 0.196. The van der Waals surface area contributed by atoms with E-state index in [0.717, 1.165) is 11.3 Å². The topological polar surface area (TPSA) is 83.6 Å². The van der Waals surface area contributed by atoms with Gasteiger partial charge in [-0.25, -0.2) is 9.78 Å². The Morgan fingerprint density at radius 2 is 2.04 bits per heavy atom. The number of amides is 1. The highest BCUT2D eigenvalue weighted by atomic mass is 32.2. The summed E-state index contributed by atoms with van der Waals surface area (Å²) in [5.74, 6) is 0.0228. The van der Waals surface area contributed by atoms with Crippen molar-refractivity contribution in [1.29, 1.82) is 0 Å². The van der Waals surface area contributed by atoms with E-state index in [1.165, 1.54) is 30.6 Å². The van der Waals surface area contributed by atoms with E-state index < -0.39 is 12.0 Å². The summed E-state index contributed by atoms with van der Waals surface area (Å²) in [5.41, 5.74) is 1.64. The molecule has 1 aromatic carbocycles. The Hall–Kier alpha value is -2.28. The first-order valence-corrected chi connectivity index (χ1v) is 8.20. The second kappa shape index (κ2) is 7.82. The van der Waals surface area contributed by atoms with Crippen LogP contribution in [0.1, 0.15) is 12.6 Å². The van der Waals surface area contributed by atoms with Crippen molar-refractivity contribution in [2.75, 3.05) is 12.8 Å². The van der Waals surface area contributed by atoms with Crippen LogP contribution >= 0.6 is 11.8 Å². The number of oxazole rings is 1. The first-order valence-electron chi connectivity index (χ1n) is 7.05. The van der Waals surface area contributed by atoms with Gasteiger partial charge in [0.1, 0.15) is 12.3 Å². The number of carboxylic acids is 1. The van der Waals surface area contributed by atoms with Crippen molar-refractivity contribution in [3.63, 3.8) is 0 Å². The summed E-state index contributed by atoms with van der Waals surface area (Å²) in [6.45, 7) is 1.48. The molecule has 2 rings (SSSR count). The number of carboxylic acid groups (broad SMARTS) is 1. The third-order valence-electron chi connectivity index (χ3n) is 3.38. The first kappa shape index (κ1) is 17.1. The number of rotatable bonds is 7. The van der Waals surface area contributed by atoms with E-state index in [2.05, 4.69) is 4.98 Å². The van der Waals surface area contributed by atoms with Gasteiger partial charge in [-0.1, -0.05) is 18.2 Å². The van der Waals surface area contributed by atoms with Gasteiger partial charge in [-0.2, -0.15) is 0 Å². The molecule has 0 aliphatic carbocycles. The van der Waals surface area contributed by atoms with Gasteiger partial charge < -0.3 is 14.4 Å². The predicted octanol–water partition coefficient (Wildman–Crippen LogP) is 2.51. The Morgan fingerprint density at radius 3 is 2.70 bits per heavy atom. The molecule has 2 aromatic rings. The average Bonchev–Trinajstić information content (AvgIpc) is 3.03. The van der Waals surface area contributed by atoms with E-state index in [1.807, 2.05) is 30.3 Å². The molecule has 0 saturated carbocycles. The van der Waals surface area contributed by atoms with E-state index >= 15 is 0 Å². The molecule has 23 heavy (non-hydrogen) atoms. The molecular formula is C16H18N2O4S. The van der Waals surface area contributed by atoms with E-state index in [-0.39, 0.29) is 11.7 Å². The average molecular weight is 334 g/mol. The highest BCUT2D eigenvalue weighted by Gasteiger charge is 2.21. The van der Waals surface area contributed by atoms with Crippen molar-refractivity contribution in [1.82, 2.24) is 9.88 Å². The van der Waals surface area contributed by atoms with E-state index in [4.69, 9.17) is 9.52 Å². The zero-order valence-electron chi connectivity index (χ0n) is 12.9. The Bertz CT molecular complexity index is 672. The minimum atomic E-state index is -1.02. The largest absolute Gasteiger partial charge is 0.480 e. The lowest BCUT2D eigenvalue weighted by Gasteiger charge is -2.21. The van der Waals surface area contributed by atoms with Crippen molar-refractivity contribution in [3.05, 3.63) is 42.3 Å². The Balaban J connectivity index is 1.84. The molecule has 1 atom stereocenters. The van der Waals surface area contributed by atoms with E-state index in [1.54, 1.807) is 6.26 Å². The van der Waals surface area contributed by atoms with Crippen LogP contribution in [-0.2, 0) is 15.3 Å². The normalized spacial score (nSPS) is 11.9. The predicted molar refractivity (Wildman–Crippen MR) is 88.0 cm³/mol. The molecule has 122 valence electrons. The van der Waals surface area contributed by atoms with E-state index in [0.29, 0.717) is 11.6 Å². The van der Waals surface area contributed by atoms with Crippen LogP contribution < -0.4 is 0 Å². The van der Waals surface area contributed by atoms with Crippen LogP contribution in [0.5, 0.6) is 0 Å². The van der Waals surface area contributed by atoms with Gasteiger partial charge in [0.15, 0.2) is 0 Å². The highest BCUT2D eigenvalue weighted by Crippen LogP contribution is 2.20. The van der Waals surface area contributed by atoms with Crippen molar-refractivity contribution in [3.8, 4) is 11.5 Å². The molecular weight excluding hydrogens is 316 g/mol. The molecule has 0 aliphatic heterocycles. The summed E-state index contributed by atoms with van der Waals surface area (Å²) in [6.07, 6.45) is 1.57. The van der Waals surface area contributed by atoms with Gasteiger partial charge in [0.05, 0.1) is 11.4 Å². The van der Waals surface area contributed by atoms with Crippen LogP contribution in [-0.4, -0.2) is 45.7 Å². The zero-order valence-corrected chi connectivity index (χ0v) is 13.7. The maximum Gasteiger partial charge on any atom is 0.326 e. The Labute approximate surface area is 138 Å². The van der Waals surface area contributed by atoms with Gasteiger partial charge in [-0.3, -0.25) is 4.79 Å². The van der Waals surface area contributed by atoms with Crippen molar-refractivity contribution in [2.45, 2.75) is 18.7 Å². The fourth-order valence-electron chi connectivity index (χ4n) is 1.81. The van der Waals surface area contributed by atoms with Crippen LogP contribution in [0.4, 0.5) is 0 Å². The number of aliphatic carboxylic acids is 1. The molecule has 1 aromatic heterocycles. The van der Waals surface area contributed by atoms with Crippen molar-refractivity contribution >= 4 is 23.6 Å². The summed E-state index contributed by atoms with van der Waals surface area (Å²) in [7, 11) is 1.49. The molecule has 0 saturated heterocycles. The van der Waals surface area contributed by atoms with Crippen LogP contribution in [0.2, 0.25) is 0 Å². The molecule has 1 unspecified atom stereocenters. The van der Waals surface area contributed by atoms with Gasteiger partial charge in [0.2, 0.25) is 11.8 Å². The lowest BCUT2D eigenvalue weighted by atomic mass is 10.2. The molecule has 1 heterocycles. The number of benzene rings is 1. The zero-order chi connectivity index (χ0) is 16.8. The molecule has 6 nitrogen and oxygen atoms in total. The lowest BCUT2D eigenvalue weighted by molar-refractivity contribution is -0.147. The number of thioether (sulfide) groups is 1. The summed E-state index contributed by atoms with van der Waals surface area (Å²) >= 11 is 1.37. The summed E-state index contributed by atoms with van der Waals surface area (Å²) < 4.78 is 5.43. The SMILES string of the molecule is CC(C(=O)O)N(C)C(=O)CSCc1coc(-c2ccccc2)n1. The number of hydrogen-bond acceptors (Lipinski definition) is 5. The maximum atomic E-state index is 11.9. The molecule has 7 heteroatoms. The molecule has 1 N–H and O–H groups in total. The summed E-state index contributed by atoms with van der Waals surface area (Å²) in [6, 6.07) is 8.73. The van der Waals surface area contributed by atoms with Gasteiger partial charge in [0, 0.05) is 18.4 Å². The molecule has 0 radical (unpaired) electrons. The number of carbonyl (C=O) groups excluding carboxylic acids is 1. The van der Waals surface area contributed by atoms with Gasteiger partial charge in [-0.15, -0.1) is 11.8 Å². The second-order valence-corrected chi connectivity index (χ2v) is 6.01. The first-order chi connectivity index (χ1) is 11.0. The van der Waals surface area contributed by atoms with Gasteiger partial charge in [-0.05, 0) is 19.1 Å². The fraction of sp³-hybridized carbons (Fsp3) is 0.312. The Kier molecular flexibility index (Phi) is 5.81. The third-order valence-corrected chi connectivity index (χ3v) is 4.33. The molecule has 0 fully saturated rings. The Morgan fingerprint density at radius 1 is 1.35 bits per heavy atom. The lowest BCUT2D eigenvalue weighted by Crippen LogP contribution is -2.41.